The molecule has 4 atom stereocenters. The molecule has 3 fully saturated rings. The fourth-order valence-corrected chi connectivity index (χ4v) is 7.26. The van der Waals surface area contributed by atoms with Gasteiger partial charge in [0.25, 0.3) is 0 Å². The number of aryl methyl sites for hydroxylation is 2. The third-order valence-corrected chi connectivity index (χ3v) is 8.57. The molecule has 3 aliphatic heterocycles. The van der Waals surface area contributed by atoms with Crippen LogP contribution in [0, 0.1) is 11.8 Å². The van der Waals surface area contributed by atoms with E-state index in [1.165, 1.54) is 61.7 Å². The van der Waals surface area contributed by atoms with Gasteiger partial charge in [-0.15, -0.1) is 0 Å². The highest BCUT2D eigenvalue weighted by Crippen LogP contribution is 2.45. The highest BCUT2D eigenvalue weighted by Gasteiger charge is 2.46. The van der Waals surface area contributed by atoms with Crippen LogP contribution >= 0.6 is 0 Å². The van der Waals surface area contributed by atoms with Crippen LogP contribution in [-0.2, 0) is 18.3 Å². The van der Waals surface area contributed by atoms with Crippen LogP contribution in [0.3, 0.4) is 0 Å². The predicted molar refractivity (Wildman–Crippen MR) is 125 cm³/mol. The van der Waals surface area contributed by atoms with Crippen LogP contribution < -0.4 is 0 Å². The number of hydrogen-bond donors (Lipinski definition) is 0. The van der Waals surface area contributed by atoms with Crippen molar-refractivity contribution in [1.82, 2.24) is 14.4 Å². The largest absolute Gasteiger partial charge is 0.350 e. The first-order valence-electron chi connectivity index (χ1n) is 12.5. The van der Waals surface area contributed by atoms with Crippen LogP contribution in [0.15, 0.2) is 42.1 Å². The Morgan fingerprint density at radius 2 is 2.03 bits per heavy atom. The topological polar surface area (TPSA) is 28.5 Å². The Morgan fingerprint density at radius 3 is 2.97 bits per heavy atom. The number of aromatic nitrogens is 1. The van der Waals surface area contributed by atoms with Crippen molar-refractivity contribution < 1.29 is 4.79 Å². The Morgan fingerprint density at radius 1 is 1.13 bits per heavy atom. The lowest BCUT2D eigenvalue weighted by molar-refractivity contribution is -0.136. The molecular formula is C27H35N3O. The van der Waals surface area contributed by atoms with E-state index in [9.17, 15) is 4.79 Å². The van der Waals surface area contributed by atoms with Gasteiger partial charge in [0.05, 0.1) is 6.04 Å². The molecule has 164 valence electrons. The molecule has 4 heteroatoms. The predicted octanol–water partition coefficient (Wildman–Crippen LogP) is 4.53. The molecule has 0 N–H and O–H groups in total. The Hall–Kier alpha value is -2.07. The van der Waals surface area contributed by atoms with Gasteiger partial charge in [-0.1, -0.05) is 36.3 Å². The van der Waals surface area contributed by atoms with E-state index in [1.54, 1.807) is 5.57 Å². The molecule has 6 rings (SSSR count). The number of fused-ring (bicyclic) bond motifs is 7. The van der Waals surface area contributed by atoms with Gasteiger partial charge in [0.1, 0.15) is 0 Å². The van der Waals surface area contributed by atoms with E-state index in [0.29, 0.717) is 24.3 Å². The van der Waals surface area contributed by atoms with Crippen molar-refractivity contribution in [1.29, 1.82) is 0 Å². The lowest BCUT2D eigenvalue weighted by Crippen LogP contribution is -2.60. The molecule has 1 aromatic carbocycles. The third-order valence-electron chi connectivity index (χ3n) is 8.57. The van der Waals surface area contributed by atoms with E-state index in [2.05, 4.69) is 58.0 Å². The molecule has 3 saturated heterocycles. The summed E-state index contributed by atoms with van der Waals surface area (Å²) in [4.78, 5) is 18.5. The van der Waals surface area contributed by atoms with Gasteiger partial charge >= 0.3 is 0 Å². The lowest BCUT2D eigenvalue weighted by atomic mass is 9.68. The number of para-hydroxylation sites is 1. The first-order chi connectivity index (χ1) is 15.2. The fourth-order valence-electron chi connectivity index (χ4n) is 7.26. The highest BCUT2D eigenvalue weighted by atomic mass is 16.2. The molecule has 4 heterocycles. The van der Waals surface area contributed by atoms with Gasteiger partial charge in [-0.2, -0.15) is 0 Å². The molecule has 1 aliphatic carbocycles. The second-order valence-electron chi connectivity index (χ2n) is 10.4. The zero-order chi connectivity index (χ0) is 20.9. The first kappa shape index (κ1) is 19.6. The van der Waals surface area contributed by atoms with E-state index in [4.69, 9.17) is 0 Å². The number of likely N-dealkylation sites (tertiary alicyclic amines) is 1. The Kier molecular flexibility index (Phi) is 4.94. The highest BCUT2D eigenvalue weighted by molar-refractivity contribution is 5.85. The number of nitrogens with zero attached hydrogens (tertiary/aromatic N) is 3. The van der Waals surface area contributed by atoms with Crippen molar-refractivity contribution in [3.63, 3.8) is 0 Å². The molecular weight excluding hydrogens is 382 g/mol. The van der Waals surface area contributed by atoms with Gasteiger partial charge in [-0.05, 0) is 68.5 Å². The van der Waals surface area contributed by atoms with E-state index >= 15 is 0 Å². The van der Waals surface area contributed by atoms with Gasteiger partial charge in [0.2, 0.25) is 5.91 Å². The van der Waals surface area contributed by atoms with Gasteiger partial charge in [0, 0.05) is 49.7 Å². The van der Waals surface area contributed by atoms with Crippen LogP contribution in [0.5, 0.6) is 0 Å². The maximum Gasteiger partial charge on any atom is 0.223 e. The van der Waals surface area contributed by atoms with Crippen LogP contribution in [0.1, 0.15) is 50.5 Å². The molecule has 1 amide bonds. The average molecular weight is 418 g/mol. The summed E-state index contributed by atoms with van der Waals surface area (Å²) in [6, 6.07) is 9.69. The summed E-state index contributed by atoms with van der Waals surface area (Å²) in [7, 11) is 2.10. The Labute approximate surface area is 185 Å². The zero-order valence-corrected chi connectivity index (χ0v) is 18.8. The van der Waals surface area contributed by atoms with Crippen LogP contribution in [0.25, 0.3) is 10.9 Å². The van der Waals surface area contributed by atoms with Crippen molar-refractivity contribution in [2.75, 3.05) is 19.6 Å². The maximum atomic E-state index is 13.5. The lowest BCUT2D eigenvalue weighted by Gasteiger charge is -2.54. The smallest absolute Gasteiger partial charge is 0.223 e. The summed E-state index contributed by atoms with van der Waals surface area (Å²) in [5.74, 6) is 1.74. The molecule has 2 aromatic rings. The maximum absolute atomic E-state index is 13.5. The third kappa shape index (κ3) is 3.34. The van der Waals surface area contributed by atoms with Crippen molar-refractivity contribution in [3.05, 3.63) is 47.7 Å². The molecule has 4 aliphatic rings. The van der Waals surface area contributed by atoms with Gasteiger partial charge in [-0.25, -0.2) is 0 Å². The van der Waals surface area contributed by atoms with E-state index in [0.717, 1.165) is 31.3 Å². The Bertz CT molecular complexity index is 1020. The molecule has 31 heavy (non-hydrogen) atoms. The number of benzene rings is 1. The van der Waals surface area contributed by atoms with Gasteiger partial charge in [-0.3, -0.25) is 9.69 Å². The monoisotopic (exact) mass is 417 g/mol. The quantitative estimate of drug-likeness (QED) is 0.687. The fraction of sp³-hybridized carbons (Fsp3) is 0.593. The van der Waals surface area contributed by atoms with Gasteiger partial charge in [0.15, 0.2) is 0 Å². The van der Waals surface area contributed by atoms with Crippen LogP contribution in [-0.4, -0.2) is 52.0 Å². The number of rotatable bonds is 3. The van der Waals surface area contributed by atoms with Gasteiger partial charge < -0.3 is 9.47 Å². The summed E-state index contributed by atoms with van der Waals surface area (Å²) in [6.45, 7) is 3.42. The second kappa shape index (κ2) is 7.81. The number of carbonyl (C=O) groups is 1. The zero-order valence-electron chi connectivity index (χ0n) is 18.8. The molecule has 0 radical (unpaired) electrons. The number of amides is 1. The van der Waals surface area contributed by atoms with E-state index in [-0.39, 0.29) is 0 Å². The molecule has 2 bridgehead atoms. The normalized spacial score (nSPS) is 30.6. The molecule has 0 spiro atoms. The molecule has 2 unspecified atom stereocenters. The molecule has 1 aromatic heterocycles. The summed E-state index contributed by atoms with van der Waals surface area (Å²) >= 11 is 0. The van der Waals surface area contributed by atoms with Crippen molar-refractivity contribution >= 4 is 16.8 Å². The van der Waals surface area contributed by atoms with E-state index in [1.807, 2.05) is 0 Å². The minimum Gasteiger partial charge on any atom is -0.350 e. The molecule has 4 nitrogen and oxygen atoms in total. The standard InChI is InChI=1S/C27H35N3O/c1-28-17-20(23-8-2-3-10-25(23)28)11-12-26(31)30-14-6-7-19-15-21-16-22(27(19)30)18-29-13-5-4-9-24(21)29/h2-3,8,10,15,17,21-22,24,27H,4-7,9,11-14,16,18H2,1H3/t21?,22?,24-,27-/m1/s1. The first-order valence-corrected chi connectivity index (χ1v) is 12.5. The Balaban J connectivity index is 1.21. The minimum atomic E-state index is 0.364. The van der Waals surface area contributed by atoms with Crippen molar-refractivity contribution in [2.45, 2.75) is 63.5 Å². The SMILES string of the molecule is Cn1cc(CCC(=O)N2CCCC3=CC4CC(CN5CCCC[C@H]45)[C@@H]32)c2ccccc21. The van der Waals surface area contributed by atoms with Crippen molar-refractivity contribution in [2.24, 2.45) is 18.9 Å². The average Bonchev–Trinajstić information content (AvgIpc) is 3.13. The summed E-state index contributed by atoms with van der Waals surface area (Å²) in [6.07, 6.45) is 14.0. The number of carbonyl (C=O) groups excluding carboxylic acids is 1. The van der Waals surface area contributed by atoms with E-state index < -0.39 is 0 Å². The second-order valence-corrected chi connectivity index (χ2v) is 10.4. The summed E-state index contributed by atoms with van der Waals surface area (Å²) in [5, 5.41) is 1.29. The number of hydrogen-bond acceptors (Lipinski definition) is 2. The number of piperidine rings is 3. The molecule has 0 saturated carbocycles. The minimum absolute atomic E-state index is 0.364. The van der Waals surface area contributed by atoms with Crippen LogP contribution in [0.4, 0.5) is 0 Å². The summed E-state index contributed by atoms with van der Waals surface area (Å²) in [5.41, 5.74) is 4.15. The summed E-state index contributed by atoms with van der Waals surface area (Å²) < 4.78 is 2.19. The van der Waals surface area contributed by atoms with Crippen molar-refractivity contribution in [3.8, 4) is 0 Å². The van der Waals surface area contributed by atoms with Crippen LogP contribution in [0.2, 0.25) is 0 Å².